The number of aliphatic hydroxyl groups is 1. The van der Waals surface area contributed by atoms with E-state index in [0.29, 0.717) is 6.42 Å². The summed E-state index contributed by atoms with van der Waals surface area (Å²) in [5, 5.41) is 20.6. The Hall–Kier alpha value is -1.62. The Morgan fingerprint density at radius 2 is 2.33 bits per heavy atom. The van der Waals surface area contributed by atoms with Crippen LogP contribution in [0, 0.1) is 0 Å². The molecule has 0 aliphatic carbocycles. The zero-order valence-corrected chi connectivity index (χ0v) is 8.47. The van der Waals surface area contributed by atoms with Crippen LogP contribution in [0.25, 0.3) is 0 Å². The predicted molar refractivity (Wildman–Crippen MR) is 54.5 cm³/mol. The number of aromatic hydroxyl groups is 1. The summed E-state index contributed by atoms with van der Waals surface area (Å²) in [4.78, 5) is 15.2. The van der Waals surface area contributed by atoms with Crippen molar-refractivity contribution in [2.24, 2.45) is 0 Å². The van der Waals surface area contributed by atoms with Crippen LogP contribution < -0.4 is 5.32 Å². The molecule has 5 nitrogen and oxygen atoms in total. The minimum Gasteiger partial charge on any atom is -0.506 e. The molecule has 15 heavy (non-hydrogen) atoms. The molecular weight excluding hydrogens is 196 g/mol. The molecule has 1 rings (SSSR count). The van der Waals surface area contributed by atoms with Gasteiger partial charge in [-0.05, 0) is 12.5 Å². The second-order valence-corrected chi connectivity index (χ2v) is 3.19. The van der Waals surface area contributed by atoms with Gasteiger partial charge < -0.3 is 15.5 Å². The van der Waals surface area contributed by atoms with E-state index < -0.39 is 0 Å². The highest BCUT2D eigenvalue weighted by Crippen LogP contribution is 2.08. The summed E-state index contributed by atoms with van der Waals surface area (Å²) < 4.78 is 0. The predicted octanol–water partition coefficient (Wildman–Crippen LogP) is 0.288. The average molecular weight is 210 g/mol. The smallest absolute Gasteiger partial charge is 0.253 e. The molecule has 1 atom stereocenters. The van der Waals surface area contributed by atoms with Gasteiger partial charge in [-0.25, -0.2) is 0 Å². The second kappa shape index (κ2) is 5.31. The molecule has 0 unspecified atom stereocenters. The van der Waals surface area contributed by atoms with Gasteiger partial charge in [-0.15, -0.1) is 0 Å². The van der Waals surface area contributed by atoms with Crippen LogP contribution in [-0.4, -0.2) is 33.8 Å². The van der Waals surface area contributed by atoms with E-state index >= 15 is 0 Å². The number of nitrogens with zero attached hydrogens (tertiary/aromatic N) is 1. The topological polar surface area (TPSA) is 82.5 Å². The summed E-state index contributed by atoms with van der Waals surface area (Å²) in [5.41, 5.74) is 0.280. The van der Waals surface area contributed by atoms with Crippen LogP contribution in [0.5, 0.6) is 5.75 Å². The molecule has 5 heteroatoms. The van der Waals surface area contributed by atoms with Crippen molar-refractivity contribution in [1.82, 2.24) is 10.3 Å². The van der Waals surface area contributed by atoms with Crippen molar-refractivity contribution >= 4 is 5.91 Å². The fourth-order valence-corrected chi connectivity index (χ4v) is 1.10. The minimum atomic E-state index is -0.348. The van der Waals surface area contributed by atoms with E-state index in [1.807, 2.05) is 6.92 Å². The molecule has 0 bridgehead atoms. The highest BCUT2D eigenvalue weighted by Gasteiger charge is 2.11. The van der Waals surface area contributed by atoms with Gasteiger partial charge in [0, 0.05) is 6.20 Å². The molecule has 0 fully saturated rings. The molecule has 1 amide bonds. The van der Waals surface area contributed by atoms with Crippen LogP contribution in [0.15, 0.2) is 18.5 Å². The van der Waals surface area contributed by atoms with E-state index in [1.165, 1.54) is 18.5 Å². The van der Waals surface area contributed by atoms with E-state index in [2.05, 4.69) is 10.3 Å². The normalized spacial score (nSPS) is 12.1. The first kappa shape index (κ1) is 11.5. The zero-order valence-electron chi connectivity index (χ0n) is 8.47. The highest BCUT2D eigenvalue weighted by atomic mass is 16.3. The molecule has 0 aliphatic heterocycles. The summed E-state index contributed by atoms with van der Waals surface area (Å²) >= 11 is 0. The van der Waals surface area contributed by atoms with Gasteiger partial charge in [-0.2, -0.15) is 0 Å². The number of nitrogens with one attached hydrogen (secondary N) is 1. The number of amides is 1. The molecule has 1 aromatic heterocycles. The average Bonchev–Trinajstić information content (AvgIpc) is 2.25. The van der Waals surface area contributed by atoms with Crippen molar-refractivity contribution in [3.05, 3.63) is 24.0 Å². The van der Waals surface area contributed by atoms with Gasteiger partial charge in [0.25, 0.3) is 5.91 Å². The summed E-state index contributed by atoms with van der Waals surface area (Å²) in [6, 6.07) is 1.06. The summed E-state index contributed by atoms with van der Waals surface area (Å²) in [7, 11) is 0. The lowest BCUT2D eigenvalue weighted by atomic mass is 10.2. The Bertz CT molecular complexity index is 337. The fraction of sp³-hybridized carbons (Fsp3) is 0.400. The number of carbonyl (C=O) groups excluding carboxylic acids is 1. The molecule has 1 heterocycles. The molecule has 0 spiro atoms. The maximum atomic E-state index is 11.6. The van der Waals surface area contributed by atoms with Crippen LogP contribution in [0.1, 0.15) is 23.7 Å². The van der Waals surface area contributed by atoms with Crippen molar-refractivity contribution in [1.29, 1.82) is 0 Å². The lowest BCUT2D eigenvalue weighted by Gasteiger charge is -2.13. The van der Waals surface area contributed by atoms with E-state index in [4.69, 9.17) is 10.2 Å². The number of rotatable bonds is 4. The first-order valence-electron chi connectivity index (χ1n) is 4.73. The monoisotopic (exact) mass is 210 g/mol. The van der Waals surface area contributed by atoms with Gasteiger partial charge >= 0.3 is 0 Å². The van der Waals surface area contributed by atoms with Gasteiger partial charge in [0.1, 0.15) is 5.75 Å². The maximum Gasteiger partial charge on any atom is 0.253 e. The number of hydrogen-bond donors (Lipinski definition) is 3. The molecule has 1 aromatic rings. The first-order valence-corrected chi connectivity index (χ1v) is 4.73. The van der Waals surface area contributed by atoms with Gasteiger partial charge in [-0.3, -0.25) is 9.78 Å². The van der Waals surface area contributed by atoms with Crippen molar-refractivity contribution < 1.29 is 15.0 Å². The molecule has 0 saturated carbocycles. The third-order valence-corrected chi connectivity index (χ3v) is 2.03. The van der Waals surface area contributed by atoms with Crippen molar-refractivity contribution in [2.45, 2.75) is 19.4 Å². The van der Waals surface area contributed by atoms with E-state index in [9.17, 15) is 4.79 Å². The Kier molecular flexibility index (Phi) is 4.05. The van der Waals surface area contributed by atoms with E-state index in [-0.39, 0.29) is 29.9 Å². The Morgan fingerprint density at radius 1 is 1.60 bits per heavy atom. The molecule has 0 saturated heterocycles. The Balaban J connectivity index is 2.68. The number of pyridine rings is 1. The van der Waals surface area contributed by atoms with Crippen LogP contribution in [0.4, 0.5) is 0 Å². The Labute approximate surface area is 87.8 Å². The van der Waals surface area contributed by atoms with Crippen LogP contribution >= 0.6 is 0 Å². The molecular formula is C10H14N2O3. The first-order chi connectivity index (χ1) is 7.17. The van der Waals surface area contributed by atoms with Gasteiger partial charge in [0.05, 0.1) is 24.4 Å². The van der Waals surface area contributed by atoms with E-state index in [0.717, 1.165) is 0 Å². The standard InChI is InChI=1S/C10H14N2O3/c1-2-8(6-13)12-10(15)7-3-9(14)5-11-4-7/h3-5,8,13-14H,2,6H2,1H3,(H,12,15)/t8-/m0/s1. The quantitative estimate of drug-likeness (QED) is 0.667. The lowest BCUT2D eigenvalue weighted by molar-refractivity contribution is 0.0914. The van der Waals surface area contributed by atoms with Crippen molar-refractivity contribution in [3.8, 4) is 5.75 Å². The van der Waals surface area contributed by atoms with Gasteiger partial charge in [0.15, 0.2) is 0 Å². The zero-order chi connectivity index (χ0) is 11.3. The molecule has 0 aliphatic rings. The number of carbonyl (C=O) groups is 1. The third kappa shape index (κ3) is 3.21. The molecule has 0 radical (unpaired) electrons. The highest BCUT2D eigenvalue weighted by molar-refractivity contribution is 5.94. The third-order valence-electron chi connectivity index (χ3n) is 2.03. The number of aliphatic hydroxyl groups excluding tert-OH is 1. The van der Waals surface area contributed by atoms with Crippen LogP contribution in [0.2, 0.25) is 0 Å². The van der Waals surface area contributed by atoms with Gasteiger partial charge in [0.2, 0.25) is 0 Å². The van der Waals surface area contributed by atoms with Crippen LogP contribution in [-0.2, 0) is 0 Å². The largest absolute Gasteiger partial charge is 0.506 e. The SMILES string of the molecule is CC[C@@H](CO)NC(=O)c1cncc(O)c1. The van der Waals surface area contributed by atoms with E-state index in [1.54, 1.807) is 0 Å². The van der Waals surface area contributed by atoms with Crippen molar-refractivity contribution in [2.75, 3.05) is 6.61 Å². The molecule has 82 valence electrons. The number of hydrogen-bond acceptors (Lipinski definition) is 4. The van der Waals surface area contributed by atoms with Gasteiger partial charge in [-0.1, -0.05) is 6.92 Å². The fourth-order valence-electron chi connectivity index (χ4n) is 1.10. The summed E-state index contributed by atoms with van der Waals surface area (Å²) in [6.45, 7) is 1.76. The molecule has 3 N–H and O–H groups in total. The summed E-state index contributed by atoms with van der Waals surface area (Å²) in [5.74, 6) is -0.404. The summed E-state index contributed by atoms with van der Waals surface area (Å²) in [6.07, 6.45) is 3.26. The lowest BCUT2D eigenvalue weighted by Crippen LogP contribution is -2.36. The Morgan fingerprint density at radius 3 is 2.87 bits per heavy atom. The molecule has 0 aromatic carbocycles. The second-order valence-electron chi connectivity index (χ2n) is 3.19. The maximum absolute atomic E-state index is 11.6. The van der Waals surface area contributed by atoms with Crippen molar-refractivity contribution in [3.63, 3.8) is 0 Å². The minimum absolute atomic E-state index is 0.0558. The number of aromatic nitrogens is 1. The van der Waals surface area contributed by atoms with Crippen LogP contribution in [0.3, 0.4) is 0 Å².